The van der Waals surface area contributed by atoms with Gasteiger partial charge in [-0.25, -0.2) is 9.18 Å². The van der Waals surface area contributed by atoms with Crippen LogP contribution in [0.1, 0.15) is 6.92 Å². The van der Waals surface area contributed by atoms with Gasteiger partial charge in [-0.2, -0.15) is 0 Å². The highest BCUT2D eigenvalue weighted by Crippen LogP contribution is 2.14. The van der Waals surface area contributed by atoms with Crippen molar-refractivity contribution in [3.8, 4) is 0 Å². The van der Waals surface area contributed by atoms with Crippen LogP contribution in [0.4, 0.5) is 14.9 Å². The van der Waals surface area contributed by atoms with E-state index in [-0.39, 0.29) is 18.9 Å². The van der Waals surface area contributed by atoms with Gasteiger partial charge in [0.15, 0.2) is 0 Å². The average molecular weight is 279 g/mol. The zero-order valence-electron chi connectivity index (χ0n) is 11.4. The van der Waals surface area contributed by atoms with Gasteiger partial charge in [0.1, 0.15) is 5.82 Å². The van der Waals surface area contributed by atoms with Crippen LogP contribution < -0.4 is 15.5 Å². The fourth-order valence-electron chi connectivity index (χ4n) is 1.61. The lowest BCUT2D eigenvalue weighted by molar-refractivity contribution is -0.118. The summed E-state index contributed by atoms with van der Waals surface area (Å²) in [6.45, 7) is 6.06. The Kier molecular flexibility index (Phi) is 6.22. The average Bonchev–Trinajstić information content (AvgIpc) is 2.42. The van der Waals surface area contributed by atoms with Gasteiger partial charge in [-0.15, -0.1) is 6.58 Å². The molecule has 3 amide bonds. The quantitative estimate of drug-likeness (QED) is 0.779. The van der Waals surface area contributed by atoms with Crippen LogP contribution in [0, 0.1) is 5.82 Å². The van der Waals surface area contributed by atoms with E-state index in [0.717, 1.165) is 0 Å². The molecule has 0 unspecified atom stereocenters. The van der Waals surface area contributed by atoms with Crippen LogP contribution >= 0.6 is 0 Å². The molecule has 108 valence electrons. The van der Waals surface area contributed by atoms with Crippen LogP contribution in [0.2, 0.25) is 0 Å². The smallest absolute Gasteiger partial charge is 0.321 e. The van der Waals surface area contributed by atoms with E-state index in [2.05, 4.69) is 17.2 Å². The van der Waals surface area contributed by atoms with Crippen molar-refractivity contribution in [3.05, 3.63) is 42.7 Å². The third kappa shape index (κ3) is 5.09. The molecule has 0 heterocycles. The summed E-state index contributed by atoms with van der Waals surface area (Å²) in [6, 6.07) is 5.37. The standard InChI is InChI=1S/C14H18FN3O2/c1-3-8-16-14(20)17-13(19)10-18(4-2)12-7-5-6-11(15)9-12/h3,5-7,9H,1,4,8,10H2,2H3,(H2,16,17,19,20). The maximum atomic E-state index is 13.2. The molecule has 0 fully saturated rings. The highest BCUT2D eigenvalue weighted by Gasteiger charge is 2.12. The van der Waals surface area contributed by atoms with E-state index in [1.807, 2.05) is 6.92 Å². The van der Waals surface area contributed by atoms with Gasteiger partial charge in [0.2, 0.25) is 5.91 Å². The third-order valence-corrected chi connectivity index (χ3v) is 2.55. The van der Waals surface area contributed by atoms with E-state index in [9.17, 15) is 14.0 Å². The van der Waals surface area contributed by atoms with Crippen LogP contribution in [0.15, 0.2) is 36.9 Å². The Bertz CT molecular complexity index is 491. The molecule has 20 heavy (non-hydrogen) atoms. The van der Waals surface area contributed by atoms with Crippen molar-refractivity contribution in [2.24, 2.45) is 0 Å². The number of amides is 3. The second-order valence-electron chi connectivity index (χ2n) is 4.04. The maximum Gasteiger partial charge on any atom is 0.321 e. The normalized spacial score (nSPS) is 9.70. The van der Waals surface area contributed by atoms with Gasteiger partial charge in [0.25, 0.3) is 0 Å². The molecule has 0 radical (unpaired) electrons. The molecule has 0 aliphatic carbocycles. The van der Waals surface area contributed by atoms with Crippen molar-refractivity contribution in [2.45, 2.75) is 6.92 Å². The largest absolute Gasteiger partial charge is 0.362 e. The number of nitrogens with one attached hydrogen (secondary N) is 2. The summed E-state index contributed by atoms with van der Waals surface area (Å²) in [5.74, 6) is -0.831. The van der Waals surface area contributed by atoms with Crippen molar-refractivity contribution in [1.29, 1.82) is 0 Å². The first-order valence-corrected chi connectivity index (χ1v) is 6.26. The molecular formula is C14H18FN3O2. The molecule has 1 aromatic carbocycles. The minimum Gasteiger partial charge on any atom is -0.362 e. The first-order valence-electron chi connectivity index (χ1n) is 6.26. The van der Waals surface area contributed by atoms with Crippen molar-refractivity contribution in [3.63, 3.8) is 0 Å². The van der Waals surface area contributed by atoms with E-state index in [0.29, 0.717) is 12.2 Å². The number of hydrogen-bond donors (Lipinski definition) is 2. The summed E-state index contributed by atoms with van der Waals surface area (Å²) >= 11 is 0. The number of rotatable bonds is 6. The van der Waals surface area contributed by atoms with E-state index >= 15 is 0 Å². The highest BCUT2D eigenvalue weighted by molar-refractivity contribution is 5.96. The predicted octanol–water partition coefficient (Wildman–Crippen LogP) is 1.66. The minimum atomic E-state index is -0.579. The summed E-state index contributed by atoms with van der Waals surface area (Å²) < 4.78 is 13.2. The predicted molar refractivity (Wildman–Crippen MR) is 76.0 cm³/mol. The SMILES string of the molecule is C=CCNC(=O)NC(=O)CN(CC)c1cccc(F)c1. The van der Waals surface area contributed by atoms with Crippen LogP contribution in [-0.2, 0) is 4.79 Å². The number of urea groups is 1. The third-order valence-electron chi connectivity index (χ3n) is 2.55. The summed E-state index contributed by atoms with van der Waals surface area (Å²) in [5.41, 5.74) is 0.592. The molecule has 0 aliphatic rings. The Morgan fingerprint density at radius 2 is 2.20 bits per heavy atom. The molecule has 1 rings (SSSR count). The van der Waals surface area contributed by atoms with Crippen molar-refractivity contribution >= 4 is 17.6 Å². The molecule has 0 atom stereocenters. The lowest BCUT2D eigenvalue weighted by atomic mass is 10.2. The number of nitrogens with zero attached hydrogens (tertiary/aromatic N) is 1. The molecule has 0 saturated carbocycles. The second-order valence-corrected chi connectivity index (χ2v) is 4.04. The van der Waals surface area contributed by atoms with E-state index in [4.69, 9.17) is 0 Å². The fraction of sp³-hybridized carbons (Fsp3) is 0.286. The van der Waals surface area contributed by atoms with Gasteiger partial charge < -0.3 is 10.2 Å². The zero-order chi connectivity index (χ0) is 15.0. The van der Waals surface area contributed by atoms with E-state index < -0.39 is 11.9 Å². The van der Waals surface area contributed by atoms with Gasteiger partial charge >= 0.3 is 6.03 Å². The van der Waals surface area contributed by atoms with Crippen LogP contribution in [-0.4, -0.2) is 31.6 Å². The molecule has 0 aromatic heterocycles. The zero-order valence-corrected chi connectivity index (χ0v) is 11.4. The Morgan fingerprint density at radius 3 is 2.80 bits per heavy atom. The number of anilines is 1. The van der Waals surface area contributed by atoms with Crippen LogP contribution in [0.3, 0.4) is 0 Å². The van der Waals surface area contributed by atoms with Crippen molar-refractivity contribution in [2.75, 3.05) is 24.5 Å². The summed E-state index contributed by atoms with van der Waals surface area (Å²) in [6.07, 6.45) is 1.51. The van der Waals surface area contributed by atoms with Gasteiger partial charge in [-0.05, 0) is 25.1 Å². The number of imide groups is 1. The molecule has 1 aromatic rings. The Balaban J connectivity index is 2.58. The molecule has 0 aliphatic heterocycles. The molecular weight excluding hydrogens is 261 g/mol. The number of hydrogen-bond acceptors (Lipinski definition) is 3. The monoisotopic (exact) mass is 279 g/mol. The fourth-order valence-corrected chi connectivity index (χ4v) is 1.61. The molecule has 0 saturated heterocycles. The lowest BCUT2D eigenvalue weighted by Gasteiger charge is -2.22. The summed E-state index contributed by atoms with van der Waals surface area (Å²) in [4.78, 5) is 24.7. The van der Waals surface area contributed by atoms with Crippen LogP contribution in [0.25, 0.3) is 0 Å². The molecule has 2 N–H and O–H groups in total. The summed E-state index contributed by atoms with van der Waals surface area (Å²) in [7, 11) is 0. The summed E-state index contributed by atoms with van der Waals surface area (Å²) in [5, 5.41) is 4.63. The number of carbonyl (C=O) groups excluding carboxylic acids is 2. The number of carbonyl (C=O) groups is 2. The molecule has 5 nitrogen and oxygen atoms in total. The number of halogens is 1. The Hall–Kier alpha value is -2.37. The first-order chi connectivity index (χ1) is 9.56. The van der Waals surface area contributed by atoms with Gasteiger partial charge in [0, 0.05) is 18.8 Å². The first kappa shape index (κ1) is 15.7. The lowest BCUT2D eigenvalue weighted by Crippen LogP contribution is -2.44. The van der Waals surface area contributed by atoms with Crippen molar-refractivity contribution < 1.29 is 14.0 Å². The molecule has 0 bridgehead atoms. The van der Waals surface area contributed by atoms with Gasteiger partial charge in [0.05, 0.1) is 6.54 Å². The number of benzene rings is 1. The van der Waals surface area contributed by atoms with Crippen molar-refractivity contribution in [1.82, 2.24) is 10.6 Å². The molecule has 6 heteroatoms. The topological polar surface area (TPSA) is 61.4 Å². The highest BCUT2D eigenvalue weighted by atomic mass is 19.1. The second kappa shape index (κ2) is 7.93. The molecule has 0 spiro atoms. The van der Waals surface area contributed by atoms with E-state index in [1.54, 1.807) is 17.0 Å². The number of likely N-dealkylation sites (N-methyl/N-ethyl adjacent to an activating group) is 1. The minimum absolute atomic E-state index is 0.0263. The Labute approximate surface area is 117 Å². The van der Waals surface area contributed by atoms with E-state index in [1.165, 1.54) is 18.2 Å². The maximum absolute atomic E-state index is 13.2. The Morgan fingerprint density at radius 1 is 1.45 bits per heavy atom. The van der Waals surface area contributed by atoms with Crippen LogP contribution in [0.5, 0.6) is 0 Å². The van der Waals surface area contributed by atoms with Gasteiger partial charge in [-0.3, -0.25) is 10.1 Å². The van der Waals surface area contributed by atoms with Gasteiger partial charge in [-0.1, -0.05) is 12.1 Å².